The van der Waals surface area contributed by atoms with Crippen molar-refractivity contribution >= 4 is 5.91 Å². The predicted octanol–water partition coefficient (Wildman–Crippen LogP) is 1.06. The number of hydrogen-bond acceptors (Lipinski definition) is 4. The standard InChI is InChI=1S/C12H15F3N4O/c1-7(8-2-4-16-5-3-8)17-11(20)9-6-10(19-18-9)12(13,14)15/h2-5,7,9-10,18-19H,6H2,1H3,(H,17,20). The third-order valence-electron chi connectivity index (χ3n) is 3.18. The van der Waals surface area contributed by atoms with Crippen molar-refractivity contribution in [2.45, 2.75) is 37.6 Å². The average molecular weight is 288 g/mol. The molecule has 1 saturated heterocycles. The van der Waals surface area contributed by atoms with E-state index in [1.165, 1.54) is 0 Å². The molecule has 1 amide bonds. The number of alkyl halides is 3. The smallest absolute Gasteiger partial charge is 0.348 e. The summed E-state index contributed by atoms with van der Waals surface area (Å²) in [5.41, 5.74) is 5.31. The minimum absolute atomic E-state index is 0.294. The number of nitrogens with one attached hydrogen (secondary N) is 3. The van der Waals surface area contributed by atoms with Crippen molar-refractivity contribution in [3.8, 4) is 0 Å². The number of hydrazine groups is 1. The van der Waals surface area contributed by atoms with E-state index in [2.05, 4.69) is 21.2 Å². The van der Waals surface area contributed by atoms with Crippen LogP contribution in [0.15, 0.2) is 24.5 Å². The lowest BCUT2D eigenvalue weighted by molar-refractivity contribution is -0.153. The van der Waals surface area contributed by atoms with Gasteiger partial charge in [0.15, 0.2) is 0 Å². The van der Waals surface area contributed by atoms with Gasteiger partial charge in [-0.3, -0.25) is 9.78 Å². The van der Waals surface area contributed by atoms with Crippen molar-refractivity contribution in [2.24, 2.45) is 0 Å². The molecule has 3 atom stereocenters. The van der Waals surface area contributed by atoms with Crippen molar-refractivity contribution in [1.82, 2.24) is 21.2 Å². The molecule has 3 unspecified atom stereocenters. The molecular formula is C12H15F3N4O. The lowest BCUT2D eigenvalue weighted by atomic mass is 10.1. The Labute approximate surface area is 113 Å². The molecule has 1 aromatic heterocycles. The third-order valence-corrected chi connectivity index (χ3v) is 3.18. The van der Waals surface area contributed by atoms with E-state index in [0.29, 0.717) is 0 Å². The van der Waals surface area contributed by atoms with Crippen LogP contribution in [-0.2, 0) is 4.79 Å². The van der Waals surface area contributed by atoms with E-state index < -0.39 is 24.2 Å². The molecule has 8 heteroatoms. The highest BCUT2D eigenvalue weighted by atomic mass is 19.4. The van der Waals surface area contributed by atoms with Crippen LogP contribution in [0.5, 0.6) is 0 Å². The number of carbonyl (C=O) groups excluding carboxylic acids is 1. The number of pyridine rings is 1. The molecule has 0 aliphatic carbocycles. The number of halogens is 3. The van der Waals surface area contributed by atoms with Crippen molar-refractivity contribution in [2.75, 3.05) is 0 Å². The van der Waals surface area contributed by atoms with Gasteiger partial charge in [-0.2, -0.15) is 13.2 Å². The molecule has 2 heterocycles. The second kappa shape index (κ2) is 5.76. The second-order valence-corrected chi connectivity index (χ2v) is 4.68. The van der Waals surface area contributed by atoms with Crippen molar-refractivity contribution in [1.29, 1.82) is 0 Å². The summed E-state index contributed by atoms with van der Waals surface area (Å²) in [6.07, 6.45) is -1.50. The van der Waals surface area contributed by atoms with Crippen LogP contribution in [0.2, 0.25) is 0 Å². The van der Waals surface area contributed by atoms with Crippen LogP contribution in [-0.4, -0.2) is 29.2 Å². The molecule has 1 fully saturated rings. The molecular weight excluding hydrogens is 273 g/mol. The van der Waals surface area contributed by atoms with Crippen LogP contribution in [0.4, 0.5) is 13.2 Å². The molecule has 3 N–H and O–H groups in total. The molecule has 20 heavy (non-hydrogen) atoms. The zero-order valence-corrected chi connectivity index (χ0v) is 10.7. The molecule has 0 aromatic carbocycles. The Hall–Kier alpha value is -1.67. The molecule has 0 radical (unpaired) electrons. The summed E-state index contributed by atoms with van der Waals surface area (Å²) in [4.78, 5) is 15.8. The van der Waals surface area contributed by atoms with E-state index in [-0.39, 0.29) is 12.5 Å². The lowest BCUT2D eigenvalue weighted by Gasteiger charge is -2.17. The highest BCUT2D eigenvalue weighted by Gasteiger charge is 2.46. The maximum absolute atomic E-state index is 12.5. The maximum atomic E-state index is 12.5. The first-order valence-corrected chi connectivity index (χ1v) is 6.16. The van der Waals surface area contributed by atoms with Crippen LogP contribution >= 0.6 is 0 Å². The number of nitrogens with zero attached hydrogens (tertiary/aromatic N) is 1. The van der Waals surface area contributed by atoms with Gasteiger partial charge in [-0.25, -0.2) is 10.9 Å². The minimum Gasteiger partial charge on any atom is -0.348 e. The van der Waals surface area contributed by atoms with Gasteiger partial charge in [0.05, 0.1) is 6.04 Å². The van der Waals surface area contributed by atoms with Crippen LogP contribution in [0, 0.1) is 0 Å². The Morgan fingerprint density at radius 1 is 1.40 bits per heavy atom. The fraction of sp³-hybridized carbons (Fsp3) is 0.500. The second-order valence-electron chi connectivity index (χ2n) is 4.68. The monoisotopic (exact) mass is 288 g/mol. The topological polar surface area (TPSA) is 66.1 Å². The number of amides is 1. The lowest BCUT2D eigenvalue weighted by Crippen LogP contribution is -2.45. The normalized spacial score (nSPS) is 24.4. The van der Waals surface area contributed by atoms with Crippen molar-refractivity contribution in [3.63, 3.8) is 0 Å². The maximum Gasteiger partial charge on any atom is 0.405 e. The number of carbonyl (C=O) groups is 1. The van der Waals surface area contributed by atoms with Crippen LogP contribution in [0.3, 0.4) is 0 Å². The largest absolute Gasteiger partial charge is 0.405 e. The molecule has 1 aliphatic heterocycles. The van der Waals surface area contributed by atoms with Gasteiger partial charge in [-0.1, -0.05) is 0 Å². The first-order chi connectivity index (χ1) is 9.38. The summed E-state index contributed by atoms with van der Waals surface area (Å²) < 4.78 is 37.5. The fourth-order valence-electron chi connectivity index (χ4n) is 1.99. The Bertz CT molecular complexity index is 466. The summed E-state index contributed by atoms with van der Waals surface area (Å²) in [6, 6.07) is 0.589. The van der Waals surface area contributed by atoms with E-state index in [9.17, 15) is 18.0 Å². The molecule has 0 bridgehead atoms. The van der Waals surface area contributed by atoms with Gasteiger partial charge in [0.1, 0.15) is 12.1 Å². The van der Waals surface area contributed by atoms with E-state index in [1.807, 2.05) is 0 Å². The molecule has 1 aromatic rings. The van der Waals surface area contributed by atoms with Crippen LogP contribution in [0.25, 0.3) is 0 Å². The highest BCUT2D eigenvalue weighted by Crippen LogP contribution is 2.25. The van der Waals surface area contributed by atoms with Gasteiger partial charge in [0.25, 0.3) is 0 Å². The molecule has 2 rings (SSSR count). The SMILES string of the molecule is CC(NC(=O)C1CC(C(F)(F)F)NN1)c1ccncc1. The third kappa shape index (κ3) is 3.45. The van der Waals surface area contributed by atoms with Gasteiger partial charge in [-0.15, -0.1) is 0 Å². The fourth-order valence-corrected chi connectivity index (χ4v) is 1.99. The summed E-state index contributed by atoms with van der Waals surface area (Å²) in [6.45, 7) is 1.76. The van der Waals surface area contributed by atoms with Gasteiger partial charge in [-0.05, 0) is 31.0 Å². The summed E-state index contributed by atoms with van der Waals surface area (Å²) in [5.74, 6) is -0.464. The zero-order chi connectivity index (χ0) is 14.8. The first kappa shape index (κ1) is 14.7. The van der Waals surface area contributed by atoms with Gasteiger partial charge in [0, 0.05) is 12.4 Å². The van der Waals surface area contributed by atoms with E-state index in [1.54, 1.807) is 31.5 Å². The van der Waals surface area contributed by atoms with Crippen LogP contribution < -0.4 is 16.2 Å². The Balaban J connectivity index is 1.90. The first-order valence-electron chi connectivity index (χ1n) is 6.16. The molecule has 110 valence electrons. The Kier molecular flexibility index (Phi) is 4.24. The van der Waals surface area contributed by atoms with E-state index >= 15 is 0 Å². The van der Waals surface area contributed by atoms with Gasteiger partial charge in [0.2, 0.25) is 5.91 Å². The summed E-state index contributed by atoms with van der Waals surface area (Å²) >= 11 is 0. The number of aromatic nitrogens is 1. The molecule has 5 nitrogen and oxygen atoms in total. The molecule has 0 saturated carbocycles. The Morgan fingerprint density at radius 3 is 2.60 bits per heavy atom. The average Bonchev–Trinajstić information content (AvgIpc) is 2.89. The van der Waals surface area contributed by atoms with Crippen LogP contribution in [0.1, 0.15) is 24.9 Å². The number of rotatable bonds is 3. The van der Waals surface area contributed by atoms with Crippen molar-refractivity contribution < 1.29 is 18.0 Å². The summed E-state index contributed by atoms with van der Waals surface area (Å²) in [5, 5.41) is 2.67. The number of hydrogen-bond donors (Lipinski definition) is 3. The highest BCUT2D eigenvalue weighted by molar-refractivity contribution is 5.82. The predicted molar refractivity (Wildman–Crippen MR) is 65.3 cm³/mol. The van der Waals surface area contributed by atoms with Gasteiger partial charge >= 0.3 is 6.18 Å². The summed E-state index contributed by atoms with van der Waals surface area (Å²) in [7, 11) is 0. The van der Waals surface area contributed by atoms with E-state index in [0.717, 1.165) is 5.56 Å². The van der Waals surface area contributed by atoms with E-state index in [4.69, 9.17) is 0 Å². The van der Waals surface area contributed by atoms with Gasteiger partial charge < -0.3 is 5.32 Å². The van der Waals surface area contributed by atoms with Crippen molar-refractivity contribution in [3.05, 3.63) is 30.1 Å². The quantitative estimate of drug-likeness (QED) is 0.778. The molecule has 0 spiro atoms. The zero-order valence-electron chi connectivity index (χ0n) is 10.7. The minimum atomic E-state index is -4.36. The Morgan fingerprint density at radius 2 is 2.05 bits per heavy atom. The molecule has 1 aliphatic rings.